The molecule has 0 saturated carbocycles. The van der Waals surface area contributed by atoms with Crippen molar-refractivity contribution in [3.8, 4) is 0 Å². The molecule has 2 aromatic carbocycles. The van der Waals surface area contributed by atoms with Gasteiger partial charge in [0.05, 0.1) is 4.90 Å². The zero-order valence-corrected chi connectivity index (χ0v) is 18.6. The van der Waals surface area contributed by atoms with Crippen LogP contribution < -0.4 is 10.0 Å². The van der Waals surface area contributed by atoms with Crippen LogP contribution in [0.5, 0.6) is 0 Å². The fourth-order valence-electron chi connectivity index (χ4n) is 2.57. The molecule has 162 valence electrons. The van der Waals surface area contributed by atoms with E-state index in [1.807, 2.05) is 6.07 Å². The lowest BCUT2D eigenvalue weighted by atomic mass is 10.1. The van der Waals surface area contributed by atoms with E-state index in [0.717, 1.165) is 0 Å². The number of hydrogen-bond acceptors (Lipinski definition) is 5. The minimum absolute atomic E-state index is 0.0191. The van der Waals surface area contributed by atoms with E-state index >= 15 is 0 Å². The molecule has 8 heteroatoms. The number of amides is 1. The van der Waals surface area contributed by atoms with Gasteiger partial charge in [-0.05, 0) is 63.1 Å². The summed E-state index contributed by atoms with van der Waals surface area (Å²) in [5.41, 5.74) is 0.220. The third kappa shape index (κ3) is 6.67. The number of nitrogens with one attached hydrogen (secondary N) is 2. The Kier molecular flexibility index (Phi) is 7.39. The highest BCUT2D eigenvalue weighted by Crippen LogP contribution is 2.18. The summed E-state index contributed by atoms with van der Waals surface area (Å²) in [6.45, 7) is 8.64. The minimum Gasteiger partial charge on any atom is -0.459 e. The van der Waals surface area contributed by atoms with Crippen molar-refractivity contribution in [2.45, 2.75) is 51.2 Å². The molecule has 2 N–H and O–H groups in total. The molecular formula is C22H28N2O5S. The van der Waals surface area contributed by atoms with Crippen LogP contribution >= 0.6 is 0 Å². The second-order valence-electron chi connectivity index (χ2n) is 8.22. The third-order valence-electron chi connectivity index (χ3n) is 4.07. The number of sulfonamides is 1. The van der Waals surface area contributed by atoms with Crippen LogP contribution in [0.2, 0.25) is 0 Å². The molecule has 0 saturated heterocycles. The van der Waals surface area contributed by atoms with Crippen LogP contribution in [-0.2, 0) is 19.6 Å². The van der Waals surface area contributed by atoms with Crippen molar-refractivity contribution in [2.24, 2.45) is 5.92 Å². The lowest BCUT2D eigenvalue weighted by Crippen LogP contribution is -2.47. The zero-order chi connectivity index (χ0) is 22.5. The summed E-state index contributed by atoms with van der Waals surface area (Å²) in [6, 6.07) is 13.4. The predicted octanol–water partition coefficient (Wildman–Crippen LogP) is 3.58. The van der Waals surface area contributed by atoms with Gasteiger partial charge in [-0.2, -0.15) is 4.72 Å². The van der Waals surface area contributed by atoms with E-state index in [2.05, 4.69) is 10.0 Å². The Morgan fingerprint density at radius 3 is 2.00 bits per heavy atom. The highest BCUT2D eigenvalue weighted by atomic mass is 32.2. The summed E-state index contributed by atoms with van der Waals surface area (Å²) < 4.78 is 33.3. The number of esters is 1. The maximum atomic E-state index is 12.8. The van der Waals surface area contributed by atoms with Gasteiger partial charge in [-0.25, -0.2) is 8.42 Å². The number of carbonyl (C=O) groups excluding carboxylic acids is 2. The molecule has 0 bridgehead atoms. The lowest BCUT2D eigenvalue weighted by molar-refractivity contribution is -0.158. The summed E-state index contributed by atoms with van der Waals surface area (Å²) >= 11 is 0. The summed E-state index contributed by atoms with van der Waals surface area (Å²) in [5, 5.41) is 2.71. The van der Waals surface area contributed by atoms with Crippen molar-refractivity contribution in [3.05, 3.63) is 60.2 Å². The normalized spacial score (nSPS) is 13.0. The molecule has 2 rings (SSSR count). The molecule has 7 nitrogen and oxygen atoms in total. The second kappa shape index (κ2) is 9.40. The summed E-state index contributed by atoms with van der Waals surface area (Å²) in [7, 11) is -3.97. The summed E-state index contributed by atoms with van der Waals surface area (Å²) in [6.07, 6.45) is 0. The molecule has 0 aliphatic rings. The second-order valence-corrected chi connectivity index (χ2v) is 9.93. The number of hydrogen-bond donors (Lipinski definition) is 2. The largest absolute Gasteiger partial charge is 0.459 e. The molecule has 1 amide bonds. The Hall–Kier alpha value is -2.71. The average molecular weight is 433 g/mol. The number of anilines is 1. The fourth-order valence-corrected chi connectivity index (χ4v) is 3.90. The Labute approximate surface area is 177 Å². The lowest BCUT2D eigenvalue weighted by Gasteiger charge is -2.26. The summed E-state index contributed by atoms with van der Waals surface area (Å²) in [5.74, 6) is -1.24. The summed E-state index contributed by atoms with van der Waals surface area (Å²) in [4.78, 5) is 24.6. The predicted molar refractivity (Wildman–Crippen MR) is 116 cm³/mol. The number of benzene rings is 2. The van der Waals surface area contributed by atoms with Gasteiger partial charge in [0.1, 0.15) is 11.6 Å². The molecule has 2 aromatic rings. The smallest absolute Gasteiger partial charge is 0.324 e. The number of ether oxygens (including phenoxy) is 1. The maximum absolute atomic E-state index is 12.8. The zero-order valence-electron chi connectivity index (χ0n) is 17.8. The number of rotatable bonds is 7. The van der Waals surface area contributed by atoms with Gasteiger partial charge in [0.2, 0.25) is 10.0 Å². The molecule has 0 aromatic heterocycles. The van der Waals surface area contributed by atoms with Gasteiger partial charge >= 0.3 is 5.97 Å². The van der Waals surface area contributed by atoms with E-state index in [-0.39, 0.29) is 16.7 Å². The fraction of sp³-hybridized carbons (Fsp3) is 0.364. The van der Waals surface area contributed by atoms with E-state index in [1.54, 1.807) is 58.9 Å². The Morgan fingerprint density at radius 1 is 0.933 bits per heavy atom. The molecule has 0 unspecified atom stereocenters. The highest BCUT2D eigenvalue weighted by molar-refractivity contribution is 7.89. The number of carbonyl (C=O) groups is 2. The standard InChI is InChI=1S/C22H28N2O5S/c1-15(2)19(21(26)29-22(3,4)5)24-30(27,28)18-13-11-17(12-14-18)23-20(25)16-9-7-6-8-10-16/h6-15,19,24H,1-5H3,(H,23,25)/t19-/m1/s1. The van der Waals surface area contributed by atoms with E-state index in [1.165, 1.54) is 24.3 Å². The van der Waals surface area contributed by atoms with Crippen LogP contribution in [-0.4, -0.2) is 31.9 Å². The first kappa shape index (κ1) is 23.6. The minimum atomic E-state index is -3.97. The molecule has 0 fully saturated rings. The van der Waals surface area contributed by atoms with Crippen LogP contribution in [0.25, 0.3) is 0 Å². The van der Waals surface area contributed by atoms with Crippen LogP contribution in [0, 0.1) is 5.92 Å². The first-order valence-electron chi connectivity index (χ1n) is 9.61. The molecule has 0 radical (unpaired) electrons. The van der Waals surface area contributed by atoms with E-state index < -0.39 is 27.6 Å². The van der Waals surface area contributed by atoms with Gasteiger partial charge in [0, 0.05) is 11.3 Å². The first-order chi connectivity index (χ1) is 13.9. The topological polar surface area (TPSA) is 102 Å². The average Bonchev–Trinajstić information content (AvgIpc) is 2.65. The Morgan fingerprint density at radius 2 is 1.50 bits per heavy atom. The third-order valence-corrected chi connectivity index (χ3v) is 5.52. The monoisotopic (exact) mass is 432 g/mol. The van der Waals surface area contributed by atoms with Crippen molar-refractivity contribution < 1.29 is 22.7 Å². The highest BCUT2D eigenvalue weighted by Gasteiger charge is 2.32. The van der Waals surface area contributed by atoms with E-state index in [9.17, 15) is 18.0 Å². The van der Waals surface area contributed by atoms with Crippen LogP contribution in [0.15, 0.2) is 59.5 Å². The van der Waals surface area contributed by atoms with Gasteiger partial charge < -0.3 is 10.1 Å². The molecule has 0 spiro atoms. The SMILES string of the molecule is CC(C)[C@@H](NS(=O)(=O)c1ccc(NC(=O)c2ccccc2)cc1)C(=O)OC(C)(C)C. The maximum Gasteiger partial charge on any atom is 0.324 e. The van der Waals surface area contributed by atoms with Gasteiger partial charge in [-0.15, -0.1) is 0 Å². The Bertz CT molecular complexity index is 978. The van der Waals surface area contributed by atoms with E-state index in [0.29, 0.717) is 11.3 Å². The molecule has 0 aliphatic carbocycles. The first-order valence-corrected chi connectivity index (χ1v) is 11.1. The van der Waals surface area contributed by atoms with Crippen LogP contribution in [0.3, 0.4) is 0 Å². The van der Waals surface area contributed by atoms with Gasteiger partial charge in [-0.3, -0.25) is 9.59 Å². The van der Waals surface area contributed by atoms with Crippen LogP contribution in [0.4, 0.5) is 5.69 Å². The van der Waals surface area contributed by atoms with Gasteiger partial charge in [-0.1, -0.05) is 32.0 Å². The molecule has 1 atom stereocenters. The van der Waals surface area contributed by atoms with Crippen molar-refractivity contribution in [2.75, 3.05) is 5.32 Å². The van der Waals surface area contributed by atoms with Gasteiger partial charge in [0.15, 0.2) is 0 Å². The van der Waals surface area contributed by atoms with E-state index in [4.69, 9.17) is 4.74 Å². The van der Waals surface area contributed by atoms with Gasteiger partial charge in [0.25, 0.3) is 5.91 Å². The van der Waals surface area contributed by atoms with Crippen molar-refractivity contribution in [1.82, 2.24) is 4.72 Å². The van der Waals surface area contributed by atoms with Crippen molar-refractivity contribution >= 4 is 27.6 Å². The molecule has 0 heterocycles. The van der Waals surface area contributed by atoms with Crippen molar-refractivity contribution in [1.29, 1.82) is 0 Å². The Balaban J connectivity index is 2.13. The van der Waals surface area contributed by atoms with Crippen LogP contribution in [0.1, 0.15) is 45.0 Å². The molecule has 0 aliphatic heterocycles. The van der Waals surface area contributed by atoms with Crippen molar-refractivity contribution in [3.63, 3.8) is 0 Å². The molecular weight excluding hydrogens is 404 g/mol. The quantitative estimate of drug-likeness (QED) is 0.651. The molecule has 30 heavy (non-hydrogen) atoms.